The van der Waals surface area contributed by atoms with E-state index in [-0.39, 0.29) is 11.4 Å². The van der Waals surface area contributed by atoms with E-state index in [1.807, 2.05) is 61.5 Å². The molecule has 4 nitrogen and oxygen atoms in total. The molecule has 0 unspecified atom stereocenters. The summed E-state index contributed by atoms with van der Waals surface area (Å²) in [5.74, 6) is 0.249. The summed E-state index contributed by atoms with van der Waals surface area (Å²) in [4.78, 5) is 21.4. The van der Waals surface area contributed by atoms with Crippen LogP contribution in [0.5, 0.6) is 0 Å². The molecule has 1 N–H and O–H groups in total. The van der Waals surface area contributed by atoms with Crippen LogP contribution >= 0.6 is 0 Å². The van der Waals surface area contributed by atoms with Gasteiger partial charge < -0.3 is 4.98 Å². The van der Waals surface area contributed by atoms with Crippen molar-refractivity contribution in [3.63, 3.8) is 0 Å². The minimum absolute atomic E-state index is 0.150. The summed E-state index contributed by atoms with van der Waals surface area (Å²) in [6, 6.07) is 24.5. The number of aromatic amines is 1. The monoisotopic (exact) mass is 423 g/mol. The Morgan fingerprint density at radius 1 is 0.938 bits per heavy atom. The van der Waals surface area contributed by atoms with Crippen LogP contribution in [0.4, 0.5) is 4.39 Å². The van der Waals surface area contributed by atoms with E-state index in [0.29, 0.717) is 35.6 Å². The summed E-state index contributed by atoms with van der Waals surface area (Å²) in [7, 11) is 0. The van der Waals surface area contributed by atoms with Crippen molar-refractivity contribution in [1.29, 1.82) is 0 Å². The van der Waals surface area contributed by atoms with Crippen molar-refractivity contribution in [3.8, 4) is 17.1 Å². The minimum Gasteiger partial charge on any atom is -0.354 e. The minimum atomic E-state index is -0.280. The molecule has 0 fully saturated rings. The molecule has 0 saturated carbocycles. The van der Waals surface area contributed by atoms with E-state index in [0.717, 1.165) is 22.4 Å². The molecule has 0 spiro atoms. The van der Waals surface area contributed by atoms with Crippen molar-refractivity contribution < 1.29 is 4.39 Å². The van der Waals surface area contributed by atoms with Crippen molar-refractivity contribution >= 4 is 0 Å². The van der Waals surface area contributed by atoms with Gasteiger partial charge in [-0.15, -0.1) is 0 Å². The van der Waals surface area contributed by atoms with E-state index in [4.69, 9.17) is 4.98 Å². The lowest BCUT2D eigenvalue weighted by Crippen LogP contribution is -2.18. The Labute approximate surface area is 185 Å². The zero-order chi connectivity index (χ0) is 22.1. The van der Waals surface area contributed by atoms with Crippen LogP contribution in [0, 0.1) is 12.7 Å². The van der Waals surface area contributed by atoms with Crippen LogP contribution in [-0.2, 0) is 12.8 Å². The summed E-state index contributed by atoms with van der Waals surface area (Å²) in [5, 5.41) is 0. The number of H-pyrrole nitrogens is 1. The van der Waals surface area contributed by atoms with Gasteiger partial charge in [0.25, 0.3) is 5.56 Å². The number of hydrogen-bond acceptors (Lipinski definition) is 2. The molecule has 0 radical (unpaired) electrons. The predicted octanol–water partition coefficient (Wildman–Crippen LogP) is 5.29. The molecule has 2 heterocycles. The summed E-state index contributed by atoms with van der Waals surface area (Å²) < 4.78 is 16.0. The Balaban J connectivity index is 1.66. The third-order valence-electron chi connectivity index (χ3n) is 5.61. The van der Waals surface area contributed by atoms with Gasteiger partial charge in [-0.2, -0.15) is 0 Å². The average Bonchev–Trinajstić information content (AvgIpc) is 3.11. The molecule has 3 aromatic rings. The highest BCUT2D eigenvalue weighted by Gasteiger charge is 2.21. The highest BCUT2D eigenvalue weighted by atomic mass is 19.1. The number of nitrogens with one attached hydrogen (secondary N) is 1. The number of halogens is 1. The molecule has 5 rings (SSSR count). The van der Waals surface area contributed by atoms with Crippen molar-refractivity contribution in [2.45, 2.75) is 19.8 Å². The number of aromatic nitrogens is 3. The lowest BCUT2D eigenvalue weighted by atomic mass is 10.1. The van der Waals surface area contributed by atoms with Gasteiger partial charge in [0, 0.05) is 19.0 Å². The highest BCUT2D eigenvalue weighted by Crippen LogP contribution is 2.24. The lowest BCUT2D eigenvalue weighted by molar-refractivity contribution is 0.613. The molecule has 158 valence electrons. The van der Waals surface area contributed by atoms with Crippen LogP contribution in [0.1, 0.15) is 28.1 Å². The highest BCUT2D eigenvalue weighted by molar-refractivity contribution is 5.60. The maximum Gasteiger partial charge on any atom is 0.278 e. The molecule has 2 aliphatic heterocycles. The third-order valence-corrected chi connectivity index (χ3v) is 5.61. The number of aryl methyl sites for hydroxylation is 1. The molecule has 0 saturated heterocycles. The topological polar surface area (TPSA) is 50.7 Å². The smallest absolute Gasteiger partial charge is 0.278 e. The third kappa shape index (κ3) is 3.85. The van der Waals surface area contributed by atoms with Crippen molar-refractivity contribution in [2.75, 3.05) is 0 Å². The second kappa shape index (κ2) is 8.27. The number of imidazole rings is 1. The zero-order valence-electron chi connectivity index (χ0n) is 17.7. The van der Waals surface area contributed by atoms with E-state index in [2.05, 4.69) is 11.1 Å². The van der Waals surface area contributed by atoms with Gasteiger partial charge in [0.1, 0.15) is 11.5 Å². The Morgan fingerprint density at radius 2 is 1.72 bits per heavy atom. The molecule has 0 bridgehead atoms. The van der Waals surface area contributed by atoms with Crippen LogP contribution in [0.2, 0.25) is 0 Å². The van der Waals surface area contributed by atoms with Crippen LogP contribution in [0.25, 0.3) is 17.1 Å². The van der Waals surface area contributed by atoms with Gasteiger partial charge in [-0.1, -0.05) is 78.4 Å². The number of rotatable bonds is 5. The molecule has 0 atom stereocenters. The van der Waals surface area contributed by atoms with Crippen molar-refractivity contribution in [2.24, 2.45) is 0 Å². The molecule has 3 aromatic carbocycles. The second-order valence-corrected chi connectivity index (χ2v) is 8.00. The zero-order valence-corrected chi connectivity index (χ0v) is 17.7. The largest absolute Gasteiger partial charge is 0.354 e. The summed E-state index contributed by atoms with van der Waals surface area (Å²) in [6.45, 7) is 2.03. The van der Waals surface area contributed by atoms with E-state index < -0.39 is 0 Å². The SMILES string of the molecule is Cc1cccc(Cc2nc3c(Cc4ccccc4F)[nH]c(-c4ccccc4)cn-3c2=O)c1. The van der Waals surface area contributed by atoms with E-state index in [1.165, 1.54) is 6.07 Å². The summed E-state index contributed by atoms with van der Waals surface area (Å²) in [5.41, 5.74) is 5.47. The second-order valence-electron chi connectivity index (χ2n) is 8.00. The fraction of sp³-hybridized carbons (Fsp3) is 0.111. The van der Waals surface area contributed by atoms with Gasteiger partial charge in [0.05, 0.1) is 11.4 Å². The standard InChI is InChI=1S/C27H22FN3O/c1-18-8-7-9-19(14-18)15-24-27(32)31-17-25(20-10-3-2-4-11-20)29-23(26(31)30-24)16-21-12-5-6-13-22(21)28/h2-14,17,29H,15-16H2,1H3. The maximum absolute atomic E-state index is 14.4. The van der Waals surface area contributed by atoms with Crippen LogP contribution in [-0.4, -0.2) is 14.5 Å². The first-order chi connectivity index (χ1) is 15.6. The van der Waals surface area contributed by atoms with Gasteiger partial charge in [0.15, 0.2) is 5.82 Å². The lowest BCUT2D eigenvalue weighted by Gasteiger charge is -2.13. The Morgan fingerprint density at radius 3 is 2.50 bits per heavy atom. The first kappa shape index (κ1) is 19.9. The van der Waals surface area contributed by atoms with E-state index in [1.54, 1.807) is 22.9 Å². The van der Waals surface area contributed by atoms with Gasteiger partial charge in [-0.25, -0.2) is 9.37 Å². The van der Waals surface area contributed by atoms with Crippen LogP contribution in [0.3, 0.4) is 0 Å². The van der Waals surface area contributed by atoms with Crippen molar-refractivity contribution in [1.82, 2.24) is 14.5 Å². The van der Waals surface area contributed by atoms with E-state index >= 15 is 0 Å². The Bertz CT molecular complexity index is 1420. The fourth-order valence-corrected chi connectivity index (χ4v) is 4.03. The van der Waals surface area contributed by atoms with Crippen LogP contribution < -0.4 is 5.56 Å². The first-order valence-corrected chi connectivity index (χ1v) is 10.6. The summed E-state index contributed by atoms with van der Waals surface area (Å²) in [6.07, 6.45) is 2.53. The van der Waals surface area contributed by atoms with Crippen LogP contribution in [0.15, 0.2) is 89.9 Å². The Kier molecular flexibility index (Phi) is 5.15. The number of nitrogens with zero attached hydrogens (tertiary/aromatic N) is 2. The van der Waals surface area contributed by atoms with Gasteiger partial charge >= 0.3 is 0 Å². The molecule has 2 aliphatic rings. The van der Waals surface area contributed by atoms with Crippen molar-refractivity contribution in [3.05, 3.63) is 129 Å². The normalized spacial score (nSPS) is 11.2. The van der Waals surface area contributed by atoms with Gasteiger partial charge in [0.2, 0.25) is 0 Å². The molecule has 0 aliphatic carbocycles. The molecular weight excluding hydrogens is 401 g/mol. The molecule has 32 heavy (non-hydrogen) atoms. The fourth-order valence-electron chi connectivity index (χ4n) is 4.03. The van der Waals surface area contributed by atoms with Gasteiger partial charge in [-0.3, -0.25) is 9.36 Å². The number of benzene rings is 3. The molecular formula is C27H22FN3O. The number of hydrogen-bond donors (Lipinski definition) is 1. The predicted molar refractivity (Wildman–Crippen MR) is 124 cm³/mol. The number of fused-ring (bicyclic) bond motifs is 1. The van der Waals surface area contributed by atoms with Gasteiger partial charge in [-0.05, 0) is 29.7 Å². The Hall–Kier alpha value is -3.99. The summed E-state index contributed by atoms with van der Waals surface area (Å²) >= 11 is 0. The average molecular weight is 423 g/mol. The molecule has 0 aromatic heterocycles. The molecule has 5 heteroatoms. The molecule has 0 amide bonds. The maximum atomic E-state index is 14.4. The quantitative estimate of drug-likeness (QED) is 0.417. The first-order valence-electron chi connectivity index (χ1n) is 10.6. The van der Waals surface area contributed by atoms with E-state index in [9.17, 15) is 9.18 Å².